The topological polar surface area (TPSA) is 123 Å². The number of hydrogen-bond acceptors (Lipinski definition) is 5. The third kappa shape index (κ3) is 5.72. The molecular weight excluding hydrogens is 435 g/mol. The van der Waals surface area contributed by atoms with Gasteiger partial charge in [-0.05, 0) is 31.7 Å². The van der Waals surface area contributed by atoms with Crippen LogP contribution in [0.1, 0.15) is 31.2 Å². The van der Waals surface area contributed by atoms with Crippen molar-refractivity contribution in [2.75, 3.05) is 26.2 Å². The molecule has 2 atom stereocenters. The van der Waals surface area contributed by atoms with Crippen molar-refractivity contribution in [3.63, 3.8) is 0 Å². The highest BCUT2D eigenvalue weighted by Crippen LogP contribution is 2.43. The van der Waals surface area contributed by atoms with Crippen LogP contribution in [0.5, 0.6) is 0 Å². The minimum Gasteiger partial charge on any atom is -0.481 e. The number of alkyl halides is 3. The van der Waals surface area contributed by atoms with Gasteiger partial charge < -0.3 is 24.8 Å². The summed E-state index contributed by atoms with van der Waals surface area (Å²) in [6, 6.07) is 2.20. The molecule has 0 bridgehead atoms. The van der Waals surface area contributed by atoms with Crippen LogP contribution in [0.15, 0.2) is 23.0 Å². The van der Waals surface area contributed by atoms with Crippen molar-refractivity contribution in [2.45, 2.75) is 44.4 Å². The number of carboxylic acids is 2. The normalized spacial score (nSPS) is 25.8. The van der Waals surface area contributed by atoms with E-state index >= 15 is 0 Å². The summed E-state index contributed by atoms with van der Waals surface area (Å²) >= 11 is 0. The minimum atomic E-state index is -5.08. The largest absolute Gasteiger partial charge is 0.490 e. The number of carbonyl (C=O) groups is 3. The van der Waals surface area contributed by atoms with Crippen LogP contribution in [0.3, 0.4) is 0 Å². The van der Waals surface area contributed by atoms with Crippen LogP contribution >= 0.6 is 0 Å². The highest BCUT2D eigenvalue weighted by Gasteiger charge is 2.53. The lowest BCUT2D eigenvalue weighted by Crippen LogP contribution is -2.46. The summed E-state index contributed by atoms with van der Waals surface area (Å²) in [4.78, 5) is 37.5. The fourth-order valence-electron chi connectivity index (χ4n) is 4.33. The number of nitrogens with zero attached hydrogens (tertiary/aromatic N) is 2. The van der Waals surface area contributed by atoms with Crippen molar-refractivity contribution in [3.05, 3.63) is 24.2 Å². The average molecular weight is 461 g/mol. The molecule has 4 rings (SSSR count). The van der Waals surface area contributed by atoms with E-state index in [9.17, 15) is 27.9 Å². The van der Waals surface area contributed by atoms with E-state index in [-0.39, 0.29) is 11.9 Å². The predicted octanol–water partition coefficient (Wildman–Crippen LogP) is 2.38. The Morgan fingerprint density at radius 2 is 1.91 bits per heavy atom. The first kappa shape index (κ1) is 23.9. The maximum Gasteiger partial charge on any atom is 0.490 e. The molecule has 2 aliphatic heterocycles. The summed E-state index contributed by atoms with van der Waals surface area (Å²) in [5.41, 5.74) is 0.304. The van der Waals surface area contributed by atoms with Gasteiger partial charge in [0, 0.05) is 50.2 Å². The molecule has 3 heterocycles. The molecule has 32 heavy (non-hydrogen) atoms. The summed E-state index contributed by atoms with van der Waals surface area (Å²) in [7, 11) is 0. The summed E-state index contributed by atoms with van der Waals surface area (Å²) in [5, 5.41) is 20.1. The molecule has 3 N–H and O–H groups in total. The van der Waals surface area contributed by atoms with Gasteiger partial charge in [-0.3, -0.25) is 9.69 Å². The quantitative estimate of drug-likeness (QED) is 0.629. The van der Waals surface area contributed by atoms with Crippen molar-refractivity contribution in [3.8, 4) is 0 Å². The molecule has 1 aliphatic carbocycles. The van der Waals surface area contributed by atoms with Gasteiger partial charge in [0.1, 0.15) is 0 Å². The first-order valence-corrected chi connectivity index (χ1v) is 10.3. The van der Waals surface area contributed by atoms with Crippen molar-refractivity contribution < 1.29 is 42.2 Å². The molecule has 2 amide bonds. The van der Waals surface area contributed by atoms with E-state index in [4.69, 9.17) is 14.3 Å². The fraction of sp³-hybridized carbons (Fsp3) is 0.650. The van der Waals surface area contributed by atoms with E-state index in [1.54, 1.807) is 12.5 Å². The number of likely N-dealkylation sites (tertiary alicyclic amines) is 2. The highest BCUT2D eigenvalue weighted by atomic mass is 19.4. The molecule has 1 aromatic rings. The highest BCUT2D eigenvalue weighted by molar-refractivity contribution is 5.78. The van der Waals surface area contributed by atoms with Gasteiger partial charge in [-0.1, -0.05) is 0 Å². The number of carboxylic acid groups (broad SMARTS) is 2. The van der Waals surface area contributed by atoms with E-state index in [1.807, 2.05) is 11.0 Å². The lowest BCUT2D eigenvalue weighted by atomic mass is 9.75. The van der Waals surface area contributed by atoms with Crippen molar-refractivity contribution in [2.24, 2.45) is 11.3 Å². The van der Waals surface area contributed by atoms with Crippen LogP contribution in [-0.4, -0.2) is 76.4 Å². The van der Waals surface area contributed by atoms with Crippen molar-refractivity contribution in [1.29, 1.82) is 0 Å². The smallest absolute Gasteiger partial charge is 0.481 e. The molecule has 3 aliphatic rings. The summed E-state index contributed by atoms with van der Waals surface area (Å²) in [5.74, 6) is -3.52. The van der Waals surface area contributed by atoms with Crippen LogP contribution in [0.2, 0.25) is 0 Å². The molecular formula is C20H26F3N3O6. The molecule has 1 aromatic heterocycles. The number of nitrogens with one attached hydrogen (secondary N) is 1. The Hall–Kier alpha value is -2.76. The second-order valence-electron chi connectivity index (χ2n) is 8.54. The number of aliphatic carboxylic acids is 2. The second kappa shape index (κ2) is 9.39. The third-order valence-corrected chi connectivity index (χ3v) is 6.10. The number of carbonyl (C=O) groups excluding carboxylic acids is 1. The van der Waals surface area contributed by atoms with E-state index in [0.717, 1.165) is 24.8 Å². The zero-order valence-electron chi connectivity index (χ0n) is 17.3. The van der Waals surface area contributed by atoms with Gasteiger partial charge in [-0.25, -0.2) is 9.59 Å². The van der Waals surface area contributed by atoms with Gasteiger partial charge in [0.05, 0.1) is 17.9 Å². The van der Waals surface area contributed by atoms with E-state index in [0.29, 0.717) is 45.2 Å². The van der Waals surface area contributed by atoms with Gasteiger partial charge in [-0.2, -0.15) is 13.2 Å². The predicted molar refractivity (Wildman–Crippen MR) is 104 cm³/mol. The van der Waals surface area contributed by atoms with Gasteiger partial charge in [0.25, 0.3) is 0 Å². The fourth-order valence-corrected chi connectivity index (χ4v) is 4.33. The number of rotatable bonds is 4. The van der Waals surface area contributed by atoms with Crippen molar-refractivity contribution >= 4 is 18.0 Å². The molecule has 178 valence electrons. The molecule has 12 heteroatoms. The first-order valence-electron chi connectivity index (χ1n) is 10.3. The van der Waals surface area contributed by atoms with E-state index in [1.165, 1.54) is 0 Å². The molecule has 0 unspecified atom stereocenters. The molecule has 0 aromatic carbocycles. The Balaban J connectivity index is 0.000000360. The monoisotopic (exact) mass is 461 g/mol. The Morgan fingerprint density at radius 3 is 2.44 bits per heavy atom. The molecule has 3 fully saturated rings. The van der Waals surface area contributed by atoms with Crippen LogP contribution in [-0.2, 0) is 16.1 Å². The molecule has 2 saturated heterocycles. The number of halogens is 3. The van der Waals surface area contributed by atoms with Gasteiger partial charge in [0.2, 0.25) is 0 Å². The Labute approximate surface area is 182 Å². The van der Waals surface area contributed by atoms with Crippen LogP contribution in [0, 0.1) is 11.3 Å². The van der Waals surface area contributed by atoms with E-state index in [2.05, 4.69) is 10.2 Å². The Kier molecular flexibility index (Phi) is 7.01. The summed E-state index contributed by atoms with van der Waals surface area (Å²) < 4.78 is 36.9. The Bertz CT molecular complexity index is 827. The average Bonchev–Trinajstić information content (AvgIpc) is 3.29. The lowest BCUT2D eigenvalue weighted by molar-refractivity contribution is -0.192. The third-order valence-electron chi connectivity index (χ3n) is 6.10. The molecule has 0 radical (unpaired) electrons. The minimum absolute atomic E-state index is 0.0306. The van der Waals surface area contributed by atoms with Crippen LogP contribution in [0.4, 0.5) is 18.0 Å². The maximum absolute atomic E-state index is 12.4. The van der Waals surface area contributed by atoms with E-state index < -0.39 is 23.5 Å². The number of hydrogen-bond donors (Lipinski definition) is 3. The maximum atomic E-state index is 12.4. The van der Waals surface area contributed by atoms with Gasteiger partial charge >= 0.3 is 24.1 Å². The first-order chi connectivity index (χ1) is 15.0. The number of amides is 2. The van der Waals surface area contributed by atoms with Crippen LogP contribution < -0.4 is 5.32 Å². The number of furan rings is 1. The number of fused-ring (bicyclic) bond motifs is 1. The molecule has 9 nitrogen and oxygen atoms in total. The Morgan fingerprint density at radius 1 is 1.22 bits per heavy atom. The van der Waals surface area contributed by atoms with Gasteiger partial charge in [0.15, 0.2) is 0 Å². The van der Waals surface area contributed by atoms with Gasteiger partial charge in [-0.15, -0.1) is 0 Å². The zero-order valence-corrected chi connectivity index (χ0v) is 17.3. The zero-order chi connectivity index (χ0) is 23.5. The number of urea groups is 1. The van der Waals surface area contributed by atoms with Crippen molar-refractivity contribution in [1.82, 2.24) is 15.1 Å². The summed E-state index contributed by atoms with van der Waals surface area (Å²) in [6.45, 7) is 3.09. The standard InChI is InChI=1S/C18H25N3O4.C2HF3O2/c22-16(23)18-5-1-6-21(17(24)19-15-2-3-15)10-14(18)9-20(12-18)8-13-4-7-25-11-13;3-2(4,5)1(6)7/h4,7,11,14-15H,1-3,5-6,8-10,12H2,(H,19,24)(H,22,23);(H,6,7)/t14-,18+;/m1./s1. The second-order valence-corrected chi connectivity index (χ2v) is 8.54. The lowest BCUT2D eigenvalue weighted by Gasteiger charge is -2.29. The summed E-state index contributed by atoms with van der Waals surface area (Å²) in [6.07, 6.45) is 1.74. The molecule has 1 saturated carbocycles. The van der Waals surface area contributed by atoms with Crippen LogP contribution in [0.25, 0.3) is 0 Å². The SMILES string of the molecule is O=C(NC1CC1)N1CCC[C@]2(C(=O)O)CN(Cc3ccoc3)C[C@@H]2C1.O=C(O)C(F)(F)F. The molecule has 0 spiro atoms.